The summed E-state index contributed by atoms with van der Waals surface area (Å²) >= 11 is 0. The van der Waals surface area contributed by atoms with Gasteiger partial charge in [-0.25, -0.2) is 14.8 Å². The van der Waals surface area contributed by atoms with E-state index in [2.05, 4.69) is 26.7 Å². The Balaban J connectivity index is 1.26. The zero-order chi connectivity index (χ0) is 25.7. The van der Waals surface area contributed by atoms with Crippen molar-refractivity contribution in [2.24, 2.45) is 23.7 Å². The van der Waals surface area contributed by atoms with Gasteiger partial charge in [0.25, 0.3) is 5.95 Å². The maximum atomic E-state index is 13.5. The lowest BCUT2D eigenvalue weighted by molar-refractivity contribution is -0.146. The summed E-state index contributed by atoms with van der Waals surface area (Å²) in [6.07, 6.45) is 0. The number of fused-ring (bicyclic) bond motifs is 7. The number of benzene rings is 2. The van der Waals surface area contributed by atoms with Crippen molar-refractivity contribution in [1.29, 1.82) is 0 Å². The van der Waals surface area contributed by atoms with Crippen molar-refractivity contribution in [3.05, 3.63) is 53.9 Å². The fourth-order valence-corrected chi connectivity index (χ4v) is 6.30. The van der Waals surface area contributed by atoms with E-state index in [0.29, 0.717) is 17.1 Å². The Morgan fingerprint density at radius 1 is 0.703 bits per heavy atom. The lowest BCUT2D eigenvalue weighted by atomic mass is 9.59. The van der Waals surface area contributed by atoms with Gasteiger partial charge in [0.15, 0.2) is 0 Å². The van der Waals surface area contributed by atoms with E-state index in [4.69, 9.17) is 0 Å². The molecule has 2 saturated heterocycles. The molecule has 2 aliphatic heterocycles. The van der Waals surface area contributed by atoms with Crippen LogP contribution in [0.2, 0.25) is 0 Å². The highest BCUT2D eigenvalue weighted by Crippen LogP contribution is 2.57. The number of aromatic nitrogens is 4. The van der Waals surface area contributed by atoms with Crippen LogP contribution < -0.4 is 9.80 Å². The van der Waals surface area contributed by atoms with Crippen LogP contribution >= 0.6 is 0 Å². The fourth-order valence-electron chi connectivity index (χ4n) is 6.30. The van der Waals surface area contributed by atoms with Crippen LogP contribution in [0.1, 0.15) is 18.3 Å². The molecular formula is C27H22N6O4. The molecule has 3 aliphatic rings. The predicted molar refractivity (Wildman–Crippen MR) is 133 cm³/mol. The van der Waals surface area contributed by atoms with Crippen LogP contribution in [0.5, 0.6) is 0 Å². The molecule has 4 unspecified atom stereocenters. The van der Waals surface area contributed by atoms with Gasteiger partial charge in [-0.1, -0.05) is 18.2 Å². The third-order valence-electron chi connectivity index (χ3n) is 8.18. The monoisotopic (exact) mass is 494 g/mol. The summed E-state index contributed by atoms with van der Waals surface area (Å²) in [6.45, 7) is 6.28. The second-order valence-corrected chi connectivity index (χ2v) is 9.87. The van der Waals surface area contributed by atoms with Crippen molar-refractivity contribution in [3.8, 4) is 0 Å². The van der Waals surface area contributed by atoms with Gasteiger partial charge in [-0.05, 0) is 45.0 Å². The molecule has 0 N–H and O–H groups in total. The van der Waals surface area contributed by atoms with E-state index >= 15 is 0 Å². The molecule has 7 rings (SSSR count). The van der Waals surface area contributed by atoms with Crippen LogP contribution in [-0.2, 0) is 25.7 Å². The second kappa shape index (κ2) is 7.28. The van der Waals surface area contributed by atoms with Crippen molar-refractivity contribution in [2.45, 2.75) is 27.3 Å². The molecule has 0 bridgehead atoms. The molecule has 0 radical (unpaired) electrons. The summed E-state index contributed by atoms with van der Waals surface area (Å²) in [4.78, 5) is 60.0. The van der Waals surface area contributed by atoms with Crippen LogP contribution in [0.15, 0.2) is 42.5 Å². The van der Waals surface area contributed by atoms with Crippen molar-refractivity contribution in [1.82, 2.24) is 19.7 Å². The number of amides is 4. The Labute approximate surface area is 210 Å². The Morgan fingerprint density at radius 2 is 1.30 bits per heavy atom. The van der Waals surface area contributed by atoms with Gasteiger partial charge in [0, 0.05) is 28.4 Å². The number of rotatable bonds is 3. The van der Waals surface area contributed by atoms with Crippen LogP contribution in [0.25, 0.3) is 21.8 Å². The van der Waals surface area contributed by atoms with Crippen LogP contribution in [0, 0.1) is 37.5 Å². The molecule has 0 spiro atoms. The molecule has 184 valence electrons. The Morgan fingerprint density at radius 3 is 1.92 bits per heavy atom. The van der Waals surface area contributed by atoms with Gasteiger partial charge in [0.1, 0.15) is 0 Å². The summed E-state index contributed by atoms with van der Waals surface area (Å²) in [5.74, 6) is -5.63. The highest BCUT2D eigenvalue weighted by Gasteiger charge is 2.74. The summed E-state index contributed by atoms with van der Waals surface area (Å²) in [5, 5.41) is 9.85. The number of hydrogen-bond donors (Lipinski definition) is 0. The number of anilines is 2. The average Bonchev–Trinajstić information content (AvgIpc) is 3.37. The number of nitrogens with zero attached hydrogens (tertiary/aromatic N) is 6. The van der Waals surface area contributed by atoms with E-state index < -0.39 is 47.3 Å². The zero-order valence-electron chi connectivity index (χ0n) is 20.4. The molecule has 4 aromatic rings. The number of imide groups is 2. The lowest BCUT2D eigenvalue weighted by Crippen LogP contribution is -2.50. The molecule has 37 heavy (non-hydrogen) atoms. The first kappa shape index (κ1) is 21.8. The van der Waals surface area contributed by atoms with E-state index in [1.54, 1.807) is 19.9 Å². The standard InChI is InChI=1S/C27H22N6O4/c1-4-31-17-8-6-5-7-15(17)16-11-14(9-10-18(16)31)32-23(34)19-20(24(32)35)22-21(19)25(36)33(26(22)37)27-28-12(2)13(3)29-30-27/h5-11,19-22H,4H2,1-3H3. The molecule has 1 saturated carbocycles. The molecule has 4 heterocycles. The first-order valence-corrected chi connectivity index (χ1v) is 12.3. The molecule has 4 atom stereocenters. The average molecular weight is 495 g/mol. The molecule has 1 aliphatic carbocycles. The predicted octanol–water partition coefficient (Wildman–Crippen LogP) is 2.54. The number of hydrogen-bond acceptors (Lipinski definition) is 7. The zero-order valence-corrected chi connectivity index (χ0v) is 20.4. The third kappa shape index (κ3) is 2.62. The Bertz CT molecular complexity index is 1680. The largest absolute Gasteiger partial charge is 0.341 e. The summed E-state index contributed by atoms with van der Waals surface area (Å²) in [5.41, 5.74) is 3.66. The van der Waals surface area contributed by atoms with Gasteiger partial charge in [-0.3, -0.25) is 19.2 Å². The highest BCUT2D eigenvalue weighted by atomic mass is 16.2. The van der Waals surface area contributed by atoms with E-state index in [9.17, 15) is 19.2 Å². The van der Waals surface area contributed by atoms with Crippen molar-refractivity contribution in [3.63, 3.8) is 0 Å². The maximum Gasteiger partial charge on any atom is 0.259 e. The maximum absolute atomic E-state index is 13.5. The fraction of sp³-hybridized carbons (Fsp3) is 0.296. The highest BCUT2D eigenvalue weighted by molar-refractivity contribution is 6.32. The van der Waals surface area contributed by atoms with E-state index in [1.165, 1.54) is 0 Å². The van der Waals surface area contributed by atoms with E-state index in [1.807, 2.05) is 36.4 Å². The molecule has 10 nitrogen and oxygen atoms in total. The summed E-state index contributed by atoms with van der Waals surface area (Å²) in [7, 11) is 0. The summed E-state index contributed by atoms with van der Waals surface area (Å²) in [6, 6.07) is 13.5. The SMILES string of the molecule is CCn1c2ccccc2c2cc(N3C(=O)C4C(C3=O)C3C(=O)N(c5nnc(C)c(C)n5)C(=O)C43)ccc21. The van der Waals surface area contributed by atoms with Gasteiger partial charge in [-0.2, -0.15) is 5.10 Å². The number of carbonyl (C=O) groups is 4. The Kier molecular flexibility index (Phi) is 4.29. The van der Waals surface area contributed by atoms with E-state index in [0.717, 1.165) is 38.2 Å². The minimum Gasteiger partial charge on any atom is -0.341 e. The quantitative estimate of drug-likeness (QED) is 0.402. The van der Waals surface area contributed by atoms with Crippen molar-refractivity contribution in [2.75, 3.05) is 9.80 Å². The molecule has 4 amide bonds. The van der Waals surface area contributed by atoms with Gasteiger partial charge in [-0.15, -0.1) is 5.10 Å². The van der Waals surface area contributed by atoms with Gasteiger partial charge in [0.2, 0.25) is 23.6 Å². The van der Waals surface area contributed by atoms with Gasteiger partial charge < -0.3 is 4.57 Å². The first-order valence-electron chi connectivity index (χ1n) is 12.3. The van der Waals surface area contributed by atoms with Crippen molar-refractivity contribution < 1.29 is 19.2 Å². The van der Waals surface area contributed by atoms with Crippen LogP contribution in [-0.4, -0.2) is 43.4 Å². The molecule has 2 aromatic heterocycles. The smallest absolute Gasteiger partial charge is 0.259 e. The molecule has 3 fully saturated rings. The summed E-state index contributed by atoms with van der Waals surface area (Å²) < 4.78 is 2.19. The Hall–Kier alpha value is -4.47. The first-order chi connectivity index (χ1) is 17.8. The number of aryl methyl sites for hydroxylation is 3. The molecule has 10 heteroatoms. The number of para-hydroxylation sites is 1. The van der Waals surface area contributed by atoms with Crippen LogP contribution in [0.3, 0.4) is 0 Å². The van der Waals surface area contributed by atoms with Gasteiger partial charge >= 0.3 is 0 Å². The normalized spacial score (nSPS) is 24.8. The van der Waals surface area contributed by atoms with Crippen LogP contribution in [0.4, 0.5) is 11.6 Å². The minimum absolute atomic E-state index is 0.111. The van der Waals surface area contributed by atoms with Crippen molar-refractivity contribution >= 4 is 57.1 Å². The number of carbonyl (C=O) groups excluding carboxylic acids is 4. The third-order valence-corrected chi connectivity index (χ3v) is 8.18. The van der Waals surface area contributed by atoms with E-state index in [-0.39, 0.29) is 5.95 Å². The molecule has 2 aromatic carbocycles. The minimum atomic E-state index is -0.894. The topological polar surface area (TPSA) is 118 Å². The van der Waals surface area contributed by atoms with Gasteiger partial charge in [0.05, 0.1) is 40.7 Å². The second-order valence-electron chi connectivity index (χ2n) is 9.87. The lowest BCUT2D eigenvalue weighted by Gasteiger charge is -2.36. The molecular weight excluding hydrogens is 472 g/mol.